The van der Waals surface area contributed by atoms with Gasteiger partial charge in [-0.05, 0) is 148 Å². The maximum absolute atomic E-state index is 14.0. The number of benzene rings is 5. The molecule has 0 atom stereocenters. The molecule has 11 heterocycles. The molecule has 634 valence electrons. The average molecular weight is 1700 g/mol. The first kappa shape index (κ1) is 87.7. The molecule has 0 aliphatic heterocycles. The van der Waals surface area contributed by atoms with Gasteiger partial charge in [-0.1, -0.05) is 12.1 Å². The maximum atomic E-state index is 14.0. The van der Waals surface area contributed by atoms with E-state index in [0.29, 0.717) is 131 Å². The number of hydrogen-bond donors (Lipinski definition) is 4. The zero-order valence-corrected chi connectivity index (χ0v) is 69.7. The number of halogens is 3. The molecule has 0 saturated heterocycles. The number of aromatic nitrogens is 15. The minimum atomic E-state index is -0.551. The minimum absolute atomic E-state index is 0.172. The molecule has 127 heavy (non-hydrogen) atoms. The van der Waals surface area contributed by atoms with Crippen LogP contribution < -0.4 is 18.9 Å². The fourth-order valence-corrected chi connectivity index (χ4v) is 13.8. The number of carbonyl (C=O) groups excluding carboxylic acids is 4. The second-order valence-electron chi connectivity index (χ2n) is 28.5. The Labute approximate surface area is 724 Å². The van der Waals surface area contributed by atoms with E-state index in [1.54, 1.807) is 204 Å². The van der Waals surface area contributed by atoms with Crippen LogP contribution in [0.3, 0.4) is 0 Å². The van der Waals surface area contributed by atoms with E-state index in [9.17, 15) is 37.6 Å². The number of nitrogens with one attached hydrogen (secondary N) is 4. The second-order valence-corrected chi connectivity index (χ2v) is 28.5. The van der Waals surface area contributed by atoms with Crippen LogP contribution in [0, 0.1) is 62.8 Å². The Balaban J connectivity index is 0.000000145. The third-order valence-corrected chi connectivity index (χ3v) is 19.7. The first-order chi connectivity index (χ1) is 61.6. The molecule has 0 saturated carbocycles. The lowest BCUT2D eigenvalue weighted by Crippen LogP contribution is -2.27. The molecule has 0 bridgehead atoms. The van der Waals surface area contributed by atoms with E-state index < -0.39 is 17.5 Å². The van der Waals surface area contributed by atoms with Gasteiger partial charge in [-0.25, -0.2) is 18.2 Å². The number of carbonyl (C=O) groups is 4. The standard InChI is InChI=1S/C24H20FN5O2.2C23H19FN6O2.C23H20N6O2/c1-3-32-22-9-16(4-5-21(22)17-6-15(10-26)7-20(25)8-17)24(31)30(2)14-19-12-27-11-18-13-28-29-23(18)19;1-3-32-20-7-16(11-27-22(20)15-4-14(8-25)5-19(24)6-15)23(31)30(2)13-18-10-26-9-17-12-28-29-21(17)18;1-3-32-22-19(15-6-14(9-25)7-18(24)8-15)4-5-20(28-22)23(31)30(2)13-17-11-26-10-16-12-27-29-21(16)17;1-3-31-20-8-17(12-26-22(20)16-6-4-5-15(7-16)9-24)23(30)29(2)14-19-11-25-10-18-13-27-28-21(18)19/h4-9,11-13H,3,14H2,1-2H3,(H,28,29);4-7,9-12H,3,13H2,1-2H3,(H,28,29);4-8,10-12H,3,13H2,1-2H3,(H,27,29);4-8,10-13H,3,14H2,1-2H3,(H,27,28). The van der Waals surface area contributed by atoms with Crippen LogP contribution in [-0.4, -0.2) is 174 Å². The Hall–Kier alpha value is -17.1. The van der Waals surface area contributed by atoms with Gasteiger partial charge in [-0.3, -0.25) is 69.5 Å². The molecule has 0 fully saturated rings. The van der Waals surface area contributed by atoms with Gasteiger partial charge in [-0.2, -0.15) is 41.4 Å². The zero-order valence-electron chi connectivity index (χ0n) is 69.7. The van der Waals surface area contributed by atoms with Crippen LogP contribution in [0.4, 0.5) is 13.2 Å². The van der Waals surface area contributed by atoms with Crippen LogP contribution in [0.5, 0.6) is 23.1 Å². The molecular weight excluding hydrogens is 1620 g/mol. The maximum Gasteiger partial charge on any atom is 0.272 e. The lowest BCUT2D eigenvalue weighted by Gasteiger charge is -2.19. The van der Waals surface area contributed by atoms with E-state index in [1.807, 2.05) is 38.1 Å². The number of aromatic amines is 4. The number of ether oxygens (including phenoxy) is 4. The summed E-state index contributed by atoms with van der Waals surface area (Å²) in [5, 5.41) is 67.9. The summed E-state index contributed by atoms with van der Waals surface area (Å²) in [7, 11) is 6.77. The first-order valence-electron chi connectivity index (χ1n) is 39.5. The molecule has 0 spiro atoms. The first-order valence-corrected chi connectivity index (χ1v) is 39.5. The monoisotopic (exact) mass is 1700 g/mol. The topological polar surface area (TPSA) is 418 Å². The van der Waals surface area contributed by atoms with Gasteiger partial charge < -0.3 is 38.5 Å². The molecule has 0 aliphatic rings. The predicted octanol–water partition coefficient (Wildman–Crippen LogP) is 15.3. The van der Waals surface area contributed by atoms with E-state index in [4.69, 9.17) is 34.7 Å². The van der Waals surface area contributed by atoms with Crippen LogP contribution in [-0.2, 0) is 26.2 Å². The summed E-state index contributed by atoms with van der Waals surface area (Å²) in [6.07, 6.45) is 23.3. The van der Waals surface area contributed by atoms with Crippen LogP contribution in [0.2, 0.25) is 0 Å². The van der Waals surface area contributed by atoms with Gasteiger partial charge in [0.2, 0.25) is 5.88 Å². The van der Waals surface area contributed by atoms with Gasteiger partial charge in [0, 0.05) is 188 Å². The van der Waals surface area contributed by atoms with Crippen LogP contribution in [0.15, 0.2) is 208 Å². The van der Waals surface area contributed by atoms with Crippen LogP contribution >= 0.6 is 0 Å². The predicted molar refractivity (Wildman–Crippen MR) is 463 cm³/mol. The van der Waals surface area contributed by atoms with Crippen molar-refractivity contribution in [3.63, 3.8) is 0 Å². The fraction of sp³-hybridized carbons (Fsp3) is 0.172. The summed E-state index contributed by atoms with van der Waals surface area (Å²) in [6, 6.07) is 38.6. The lowest BCUT2D eigenvalue weighted by molar-refractivity contribution is 0.0773. The van der Waals surface area contributed by atoms with Gasteiger partial charge in [0.05, 0.1) is 131 Å². The summed E-state index contributed by atoms with van der Waals surface area (Å²) in [4.78, 5) is 88.5. The van der Waals surface area contributed by atoms with Gasteiger partial charge >= 0.3 is 0 Å². The van der Waals surface area contributed by atoms with Crippen LogP contribution in [0.1, 0.15) is 114 Å². The third kappa shape index (κ3) is 20.7. The second kappa shape index (κ2) is 40.5. The number of hydrogen-bond acceptors (Lipinski definition) is 23. The highest BCUT2D eigenvalue weighted by molar-refractivity contribution is 5.98. The van der Waals surface area contributed by atoms with E-state index in [0.717, 1.165) is 83.6 Å². The summed E-state index contributed by atoms with van der Waals surface area (Å²) < 4.78 is 64.6. The molecule has 16 aromatic rings. The Kier molecular flexibility index (Phi) is 27.9. The van der Waals surface area contributed by atoms with E-state index in [2.05, 4.69) is 81.7 Å². The molecule has 16 rings (SSSR count). The lowest BCUT2D eigenvalue weighted by atomic mass is 10.00. The molecule has 31 nitrogen and oxygen atoms in total. The van der Waals surface area contributed by atoms with Gasteiger partial charge in [0.1, 0.15) is 51.8 Å². The molecule has 11 aromatic heterocycles. The van der Waals surface area contributed by atoms with Crippen molar-refractivity contribution >= 4 is 67.2 Å². The van der Waals surface area contributed by atoms with Crippen molar-refractivity contribution in [1.82, 2.24) is 95.3 Å². The summed E-state index contributed by atoms with van der Waals surface area (Å²) in [5.41, 5.74) is 13.3. The Morgan fingerprint density at radius 3 is 1.13 bits per heavy atom. The van der Waals surface area contributed by atoms with Crippen molar-refractivity contribution in [3.8, 4) is 92.2 Å². The molecule has 0 aliphatic carbocycles. The molecule has 0 radical (unpaired) electrons. The average Bonchev–Trinajstić information content (AvgIpc) is 1.24. The highest BCUT2D eigenvalue weighted by Gasteiger charge is 2.25. The fourth-order valence-electron chi connectivity index (χ4n) is 13.8. The third-order valence-electron chi connectivity index (χ3n) is 19.7. The highest BCUT2D eigenvalue weighted by atomic mass is 19.1. The number of H-pyrrole nitrogens is 4. The number of nitriles is 4. The molecule has 0 unspecified atom stereocenters. The summed E-state index contributed by atoms with van der Waals surface area (Å²) in [5.74, 6) is -1.11. The molecule has 5 aromatic carbocycles. The number of rotatable bonds is 24. The van der Waals surface area contributed by atoms with Gasteiger partial charge in [-0.15, -0.1) is 0 Å². The van der Waals surface area contributed by atoms with Crippen molar-refractivity contribution in [3.05, 3.63) is 292 Å². The van der Waals surface area contributed by atoms with Crippen molar-refractivity contribution in [1.29, 1.82) is 21.0 Å². The molecule has 4 N–H and O–H groups in total. The minimum Gasteiger partial charge on any atom is -0.493 e. The van der Waals surface area contributed by atoms with Crippen molar-refractivity contribution in [2.45, 2.75) is 53.9 Å². The van der Waals surface area contributed by atoms with Crippen molar-refractivity contribution in [2.24, 2.45) is 0 Å². The van der Waals surface area contributed by atoms with Crippen LogP contribution in [0.25, 0.3) is 88.4 Å². The van der Waals surface area contributed by atoms with Crippen molar-refractivity contribution in [2.75, 3.05) is 54.6 Å². The summed E-state index contributed by atoms with van der Waals surface area (Å²) >= 11 is 0. The van der Waals surface area contributed by atoms with E-state index in [1.165, 1.54) is 47.6 Å². The zero-order chi connectivity index (χ0) is 89.8. The number of fused-ring (bicyclic) bond motifs is 4. The quantitative estimate of drug-likeness (QED) is 0.0436. The molecular formula is C93H78F3N23O8. The van der Waals surface area contributed by atoms with Crippen molar-refractivity contribution < 1.29 is 51.3 Å². The van der Waals surface area contributed by atoms with Gasteiger partial charge in [0.25, 0.3) is 23.6 Å². The Morgan fingerprint density at radius 1 is 0.354 bits per heavy atom. The smallest absolute Gasteiger partial charge is 0.272 e. The largest absolute Gasteiger partial charge is 0.493 e. The molecule has 34 heteroatoms. The van der Waals surface area contributed by atoms with Gasteiger partial charge in [0.15, 0.2) is 0 Å². The Morgan fingerprint density at radius 2 is 0.709 bits per heavy atom. The highest BCUT2D eigenvalue weighted by Crippen LogP contribution is 2.37. The Bertz CT molecular complexity index is 6470. The number of pyridine rings is 7. The normalized spacial score (nSPS) is 10.7. The number of nitrogens with zero attached hydrogens (tertiary/aromatic N) is 19. The van der Waals surface area contributed by atoms with E-state index >= 15 is 0 Å². The van der Waals surface area contributed by atoms with E-state index in [-0.39, 0.29) is 51.9 Å². The number of amides is 4. The molecule has 4 amide bonds. The summed E-state index contributed by atoms with van der Waals surface area (Å²) in [6.45, 7) is 10.0. The SMILES string of the molecule is CCOc1cc(C(=O)N(C)Cc2cncc3cn[nH]c23)ccc1-c1cc(F)cc(C#N)c1.CCOc1cc(C(=O)N(C)Cc2cncc3cn[nH]c23)cnc1-c1cc(F)cc(C#N)c1.CCOc1cc(C(=O)N(C)Cc2cncc3cn[nH]c23)cnc1-c1cccc(C#N)c1.CCOc1nc(C(=O)N(C)Cc2cncc3cn[nH]c23)ccc1-c1cc(F)cc(C#N)c1.